The molecule has 2 rings (SSSR count). The summed E-state index contributed by atoms with van der Waals surface area (Å²) in [5.74, 6) is 0.541. The first-order valence-corrected chi connectivity index (χ1v) is 7.66. The molecule has 3 nitrogen and oxygen atoms in total. The van der Waals surface area contributed by atoms with E-state index in [1.165, 1.54) is 5.57 Å². The molecule has 1 aliphatic carbocycles. The molecule has 0 aromatic carbocycles. The molecule has 4 heteroatoms. The van der Waals surface area contributed by atoms with Crippen molar-refractivity contribution in [2.75, 3.05) is 13.1 Å². The van der Waals surface area contributed by atoms with Gasteiger partial charge in [0.2, 0.25) is 5.91 Å². The Balaban J connectivity index is 1.79. The van der Waals surface area contributed by atoms with Crippen molar-refractivity contribution in [3.05, 3.63) is 10.1 Å². The quantitative estimate of drug-likeness (QED) is 0.799. The average molecular weight is 314 g/mol. The molecule has 0 unspecified atom stereocenters. The minimum atomic E-state index is 0.241. The summed E-state index contributed by atoms with van der Waals surface area (Å²) in [6.45, 7) is 1.76. The number of piperidine rings is 1. The van der Waals surface area contributed by atoms with E-state index in [4.69, 9.17) is 0 Å². The standard InChI is InChI=1S/C14H20BrNO2/c15-14-11(5-3-7-12(14)17)6-4-10-16-9-2-1-8-13(16)18/h1-10H2. The van der Waals surface area contributed by atoms with Crippen LogP contribution in [0.4, 0.5) is 0 Å². The van der Waals surface area contributed by atoms with E-state index < -0.39 is 0 Å². The van der Waals surface area contributed by atoms with Crippen LogP contribution in [0.5, 0.6) is 0 Å². The van der Waals surface area contributed by atoms with E-state index in [1.807, 2.05) is 4.90 Å². The van der Waals surface area contributed by atoms with Crippen LogP contribution >= 0.6 is 15.9 Å². The number of carbonyl (C=O) groups is 2. The number of allylic oxidation sites excluding steroid dienone is 2. The molecular weight excluding hydrogens is 294 g/mol. The summed E-state index contributed by atoms with van der Waals surface area (Å²) < 4.78 is 0.804. The molecule has 1 heterocycles. The fourth-order valence-corrected chi connectivity index (χ4v) is 3.29. The molecule has 0 saturated carbocycles. The number of ketones is 1. The maximum Gasteiger partial charge on any atom is 0.222 e. The van der Waals surface area contributed by atoms with Gasteiger partial charge < -0.3 is 4.90 Å². The van der Waals surface area contributed by atoms with Crippen LogP contribution in [0.2, 0.25) is 0 Å². The fourth-order valence-electron chi connectivity index (χ4n) is 2.70. The molecule has 18 heavy (non-hydrogen) atoms. The highest BCUT2D eigenvalue weighted by Crippen LogP contribution is 2.29. The molecular formula is C14H20BrNO2. The minimum absolute atomic E-state index is 0.241. The third kappa shape index (κ3) is 3.44. The van der Waals surface area contributed by atoms with Crippen molar-refractivity contribution in [2.45, 2.75) is 51.4 Å². The molecule has 1 fully saturated rings. The van der Waals surface area contributed by atoms with Crippen LogP contribution in [0.3, 0.4) is 0 Å². The van der Waals surface area contributed by atoms with Crippen molar-refractivity contribution < 1.29 is 9.59 Å². The highest BCUT2D eigenvalue weighted by molar-refractivity contribution is 9.12. The monoisotopic (exact) mass is 313 g/mol. The topological polar surface area (TPSA) is 37.4 Å². The SMILES string of the molecule is O=C1CCCC(CCCN2CCCCC2=O)=C1Br. The molecule has 1 aliphatic heterocycles. The van der Waals surface area contributed by atoms with Crippen LogP contribution < -0.4 is 0 Å². The number of rotatable bonds is 4. The Labute approximate surface area is 117 Å². The van der Waals surface area contributed by atoms with Gasteiger partial charge in [0.25, 0.3) is 0 Å². The van der Waals surface area contributed by atoms with Gasteiger partial charge in [-0.3, -0.25) is 9.59 Å². The second-order valence-corrected chi connectivity index (χ2v) is 5.93. The summed E-state index contributed by atoms with van der Waals surface area (Å²) in [6, 6.07) is 0. The van der Waals surface area contributed by atoms with Crippen molar-refractivity contribution in [2.24, 2.45) is 0 Å². The second-order valence-electron chi connectivity index (χ2n) is 5.14. The van der Waals surface area contributed by atoms with Gasteiger partial charge in [-0.15, -0.1) is 0 Å². The Morgan fingerprint density at radius 2 is 1.89 bits per heavy atom. The van der Waals surface area contributed by atoms with Crippen LogP contribution in [-0.4, -0.2) is 29.7 Å². The summed E-state index contributed by atoms with van der Waals surface area (Å²) in [7, 11) is 0. The Bertz CT molecular complexity index is 376. The van der Waals surface area contributed by atoms with Gasteiger partial charge in [0.05, 0.1) is 4.48 Å². The molecule has 1 amide bonds. The average Bonchev–Trinajstić information content (AvgIpc) is 2.37. The minimum Gasteiger partial charge on any atom is -0.343 e. The Morgan fingerprint density at radius 3 is 2.67 bits per heavy atom. The van der Waals surface area contributed by atoms with Gasteiger partial charge in [0, 0.05) is 25.9 Å². The number of halogens is 1. The number of nitrogens with zero attached hydrogens (tertiary/aromatic N) is 1. The van der Waals surface area contributed by atoms with Crippen LogP contribution in [-0.2, 0) is 9.59 Å². The lowest BCUT2D eigenvalue weighted by atomic mass is 9.95. The lowest BCUT2D eigenvalue weighted by Gasteiger charge is -2.27. The Hall–Kier alpha value is -0.640. The lowest BCUT2D eigenvalue weighted by Crippen LogP contribution is -2.35. The number of hydrogen-bond acceptors (Lipinski definition) is 2. The zero-order valence-electron chi connectivity index (χ0n) is 10.7. The first-order chi connectivity index (χ1) is 8.68. The molecule has 1 saturated heterocycles. The van der Waals surface area contributed by atoms with E-state index in [2.05, 4.69) is 15.9 Å². The molecule has 0 bridgehead atoms. The number of hydrogen-bond donors (Lipinski definition) is 0. The predicted molar refractivity (Wildman–Crippen MR) is 74.5 cm³/mol. The first kappa shape index (κ1) is 13.8. The molecule has 0 atom stereocenters. The van der Waals surface area contributed by atoms with Crippen LogP contribution in [0.15, 0.2) is 10.1 Å². The second kappa shape index (κ2) is 6.50. The molecule has 0 aromatic heterocycles. The zero-order valence-corrected chi connectivity index (χ0v) is 12.3. The number of Topliss-reactive ketones (excluding diaryl/α,β-unsaturated/α-hetero) is 1. The van der Waals surface area contributed by atoms with Gasteiger partial charge >= 0.3 is 0 Å². The van der Waals surface area contributed by atoms with E-state index in [-0.39, 0.29) is 5.78 Å². The van der Waals surface area contributed by atoms with Gasteiger partial charge in [-0.25, -0.2) is 0 Å². The van der Waals surface area contributed by atoms with Crippen LogP contribution in [0, 0.1) is 0 Å². The lowest BCUT2D eigenvalue weighted by molar-refractivity contribution is -0.133. The largest absolute Gasteiger partial charge is 0.343 e. The van der Waals surface area contributed by atoms with Crippen molar-refractivity contribution in [1.29, 1.82) is 0 Å². The van der Waals surface area contributed by atoms with Gasteiger partial charge in [-0.1, -0.05) is 5.57 Å². The van der Waals surface area contributed by atoms with Crippen molar-refractivity contribution >= 4 is 27.6 Å². The van der Waals surface area contributed by atoms with Gasteiger partial charge in [-0.05, 0) is 54.5 Å². The van der Waals surface area contributed by atoms with E-state index >= 15 is 0 Å². The predicted octanol–water partition coefficient (Wildman–Crippen LogP) is 3.18. The van der Waals surface area contributed by atoms with Crippen molar-refractivity contribution in [3.63, 3.8) is 0 Å². The highest BCUT2D eigenvalue weighted by atomic mass is 79.9. The van der Waals surface area contributed by atoms with E-state index in [1.54, 1.807) is 0 Å². The Morgan fingerprint density at radius 1 is 1.06 bits per heavy atom. The molecule has 2 aliphatic rings. The van der Waals surface area contributed by atoms with E-state index in [0.717, 1.165) is 56.1 Å². The molecule has 0 radical (unpaired) electrons. The van der Waals surface area contributed by atoms with Gasteiger partial charge in [-0.2, -0.15) is 0 Å². The smallest absolute Gasteiger partial charge is 0.222 e. The normalized spacial score (nSPS) is 21.7. The summed E-state index contributed by atoms with van der Waals surface area (Å²) in [5, 5.41) is 0. The molecule has 100 valence electrons. The van der Waals surface area contributed by atoms with Crippen LogP contribution in [0.1, 0.15) is 51.4 Å². The number of amides is 1. The highest BCUT2D eigenvalue weighted by Gasteiger charge is 2.20. The maximum atomic E-state index is 11.6. The Kier molecular flexibility index (Phi) is 4.98. The van der Waals surface area contributed by atoms with Gasteiger partial charge in [0.1, 0.15) is 0 Å². The third-order valence-corrected chi connectivity index (χ3v) is 4.77. The number of likely N-dealkylation sites (tertiary alicyclic amines) is 1. The number of carbonyl (C=O) groups excluding carboxylic acids is 2. The molecule has 0 spiro atoms. The third-order valence-electron chi connectivity index (χ3n) is 3.77. The zero-order chi connectivity index (χ0) is 13.0. The first-order valence-electron chi connectivity index (χ1n) is 6.87. The van der Waals surface area contributed by atoms with E-state index in [0.29, 0.717) is 18.7 Å². The van der Waals surface area contributed by atoms with Gasteiger partial charge in [0.15, 0.2) is 5.78 Å². The van der Waals surface area contributed by atoms with E-state index in [9.17, 15) is 9.59 Å². The molecule has 0 aromatic rings. The fraction of sp³-hybridized carbons (Fsp3) is 0.714. The molecule has 0 N–H and O–H groups in total. The van der Waals surface area contributed by atoms with Crippen molar-refractivity contribution in [1.82, 2.24) is 4.90 Å². The maximum absolute atomic E-state index is 11.6. The van der Waals surface area contributed by atoms with Crippen LogP contribution in [0.25, 0.3) is 0 Å². The summed E-state index contributed by atoms with van der Waals surface area (Å²) in [4.78, 5) is 25.2. The van der Waals surface area contributed by atoms with Crippen molar-refractivity contribution in [3.8, 4) is 0 Å². The summed E-state index contributed by atoms with van der Waals surface area (Å²) >= 11 is 3.41. The summed E-state index contributed by atoms with van der Waals surface area (Å²) in [5.41, 5.74) is 1.25. The summed E-state index contributed by atoms with van der Waals surface area (Å²) in [6.07, 6.45) is 7.49.